The number of hydrogen-bond donors (Lipinski definition) is 1. The van der Waals surface area contributed by atoms with Crippen LogP contribution in [0.15, 0.2) is 32.8 Å². The molecule has 10 heteroatoms. The van der Waals surface area contributed by atoms with E-state index < -0.39 is 23.7 Å². The van der Waals surface area contributed by atoms with Crippen LogP contribution in [0.1, 0.15) is 27.7 Å². The SMILES string of the molecule is CC(C)Cn1cnc2c1c(=O)n(CC(=O)Nc1ccon1)c(=O)n2CC(C)C. The summed E-state index contributed by atoms with van der Waals surface area (Å²) in [5, 5.41) is 6.10. The predicted octanol–water partition coefficient (Wildman–Crippen LogP) is 1.30. The summed E-state index contributed by atoms with van der Waals surface area (Å²) >= 11 is 0. The van der Waals surface area contributed by atoms with Gasteiger partial charge in [0.25, 0.3) is 5.56 Å². The number of hydrogen-bond acceptors (Lipinski definition) is 6. The quantitative estimate of drug-likeness (QED) is 0.652. The second-order valence-corrected chi connectivity index (χ2v) is 7.57. The van der Waals surface area contributed by atoms with Crippen LogP contribution in [0, 0.1) is 11.8 Å². The van der Waals surface area contributed by atoms with E-state index in [-0.39, 0.29) is 17.7 Å². The number of nitrogens with zero attached hydrogens (tertiary/aromatic N) is 5. The summed E-state index contributed by atoms with van der Waals surface area (Å²) in [6, 6.07) is 1.47. The van der Waals surface area contributed by atoms with Crippen LogP contribution in [-0.4, -0.2) is 29.7 Å². The zero-order chi connectivity index (χ0) is 20.4. The summed E-state index contributed by atoms with van der Waals surface area (Å²) in [5.41, 5.74) is -0.426. The molecule has 3 aromatic rings. The van der Waals surface area contributed by atoms with E-state index in [1.54, 1.807) is 10.9 Å². The number of carbonyl (C=O) groups excluding carboxylic acids is 1. The van der Waals surface area contributed by atoms with E-state index >= 15 is 0 Å². The van der Waals surface area contributed by atoms with Gasteiger partial charge in [-0.2, -0.15) is 0 Å². The van der Waals surface area contributed by atoms with E-state index in [1.807, 2.05) is 27.7 Å². The molecule has 3 aromatic heterocycles. The first-order valence-electron chi connectivity index (χ1n) is 9.16. The van der Waals surface area contributed by atoms with Gasteiger partial charge in [-0.05, 0) is 11.8 Å². The van der Waals surface area contributed by atoms with E-state index in [0.29, 0.717) is 24.3 Å². The third kappa shape index (κ3) is 3.90. The van der Waals surface area contributed by atoms with Crippen LogP contribution in [0.3, 0.4) is 0 Å². The summed E-state index contributed by atoms with van der Waals surface area (Å²) in [6.45, 7) is 8.54. The summed E-state index contributed by atoms with van der Waals surface area (Å²) < 4.78 is 8.81. The zero-order valence-corrected chi connectivity index (χ0v) is 16.4. The third-order valence-corrected chi connectivity index (χ3v) is 4.10. The third-order valence-electron chi connectivity index (χ3n) is 4.10. The summed E-state index contributed by atoms with van der Waals surface area (Å²) in [5.74, 6) is 0.113. The molecule has 0 atom stereocenters. The molecule has 150 valence electrons. The first-order chi connectivity index (χ1) is 13.3. The molecular weight excluding hydrogens is 364 g/mol. The number of aromatic nitrogens is 5. The van der Waals surface area contributed by atoms with Crippen LogP contribution < -0.4 is 16.6 Å². The minimum absolute atomic E-state index is 0.158. The molecule has 0 radical (unpaired) electrons. The van der Waals surface area contributed by atoms with Crippen LogP contribution in [-0.2, 0) is 24.4 Å². The fourth-order valence-corrected chi connectivity index (χ4v) is 3.04. The minimum Gasteiger partial charge on any atom is -0.363 e. The Balaban J connectivity index is 2.11. The van der Waals surface area contributed by atoms with Gasteiger partial charge in [0.15, 0.2) is 17.0 Å². The van der Waals surface area contributed by atoms with Crippen LogP contribution in [0.25, 0.3) is 11.2 Å². The van der Waals surface area contributed by atoms with Crippen molar-refractivity contribution >= 4 is 22.9 Å². The van der Waals surface area contributed by atoms with Crippen LogP contribution in [0.2, 0.25) is 0 Å². The second kappa shape index (κ2) is 7.83. The van der Waals surface area contributed by atoms with E-state index in [2.05, 4.69) is 20.0 Å². The molecule has 10 nitrogen and oxygen atoms in total. The zero-order valence-electron chi connectivity index (χ0n) is 16.4. The summed E-state index contributed by atoms with van der Waals surface area (Å²) in [6.07, 6.45) is 2.88. The van der Waals surface area contributed by atoms with Crippen molar-refractivity contribution in [1.82, 2.24) is 23.8 Å². The van der Waals surface area contributed by atoms with Gasteiger partial charge in [0.2, 0.25) is 5.91 Å². The molecule has 0 aliphatic carbocycles. The highest BCUT2D eigenvalue weighted by atomic mass is 16.5. The molecule has 0 saturated carbocycles. The first kappa shape index (κ1) is 19.6. The average Bonchev–Trinajstić information content (AvgIpc) is 3.25. The molecule has 1 N–H and O–H groups in total. The molecule has 0 aliphatic rings. The van der Waals surface area contributed by atoms with Gasteiger partial charge in [-0.3, -0.25) is 14.2 Å². The Bertz CT molecular complexity index is 1090. The van der Waals surface area contributed by atoms with Gasteiger partial charge in [-0.1, -0.05) is 32.9 Å². The minimum atomic E-state index is -0.559. The fraction of sp³-hybridized carbons (Fsp3) is 0.500. The van der Waals surface area contributed by atoms with Crippen molar-refractivity contribution in [2.24, 2.45) is 11.8 Å². The van der Waals surface area contributed by atoms with Gasteiger partial charge in [-0.25, -0.2) is 14.3 Å². The van der Waals surface area contributed by atoms with Crippen molar-refractivity contribution in [2.75, 3.05) is 5.32 Å². The van der Waals surface area contributed by atoms with E-state index in [0.717, 1.165) is 4.57 Å². The van der Waals surface area contributed by atoms with Gasteiger partial charge in [0.1, 0.15) is 12.8 Å². The standard InChI is InChI=1S/C18H24N6O4/c1-11(2)7-22-10-19-16-15(22)17(26)24(18(27)23(16)8-12(3)4)9-14(25)20-13-5-6-28-21-13/h5-6,10-12H,7-9H2,1-4H3,(H,20,21,25). The Morgan fingerprint density at radius 2 is 1.86 bits per heavy atom. The van der Waals surface area contributed by atoms with E-state index in [4.69, 9.17) is 0 Å². The fourth-order valence-electron chi connectivity index (χ4n) is 3.04. The Hall–Kier alpha value is -3.17. The number of carbonyl (C=O) groups is 1. The van der Waals surface area contributed by atoms with Gasteiger partial charge in [0, 0.05) is 19.2 Å². The molecule has 0 bridgehead atoms. The molecule has 0 aromatic carbocycles. The molecular formula is C18H24N6O4. The van der Waals surface area contributed by atoms with Crippen LogP contribution in [0.5, 0.6) is 0 Å². The number of amides is 1. The predicted molar refractivity (Wildman–Crippen MR) is 103 cm³/mol. The van der Waals surface area contributed by atoms with Crippen molar-refractivity contribution in [3.05, 3.63) is 39.5 Å². The maximum absolute atomic E-state index is 13.1. The van der Waals surface area contributed by atoms with Gasteiger partial charge in [-0.15, -0.1) is 0 Å². The number of rotatable bonds is 7. The van der Waals surface area contributed by atoms with E-state index in [9.17, 15) is 14.4 Å². The Morgan fingerprint density at radius 3 is 2.46 bits per heavy atom. The second-order valence-electron chi connectivity index (χ2n) is 7.57. The highest BCUT2D eigenvalue weighted by molar-refractivity contribution is 5.89. The normalized spacial score (nSPS) is 11.6. The highest BCUT2D eigenvalue weighted by Crippen LogP contribution is 2.11. The van der Waals surface area contributed by atoms with Crippen molar-refractivity contribution in [3.63, 3.8) is 0 Å². The van der Waals surface area contributed by atoms with Crippen LogP contribution >= 0.6 is 0 Å². The highest BCUT2D eigenvalue weighted by Gasteiger charge is 2.20. The molecule has 0 aliphatic heterocycles. The lowest BCUT2D eigenvalue weighted by Gasteiger charge is -2.14. The molecule has 0 spiro atoms. The molecule has 0 saturated heterocycles. The summed E-state index contributed by atoms with van der Waals surface area (Å²) in [4.78, 5) is 42.7. The number of imidazole rings is 1. The molecule has 3 heterocycles. The summed E-state index contributed by atoms with van der Waals surface area (Å²) in [7, 11) is 0. The van der Waals surface area contributed by atoms with Crippen molar-refractivity contribution in [2.45, 2.75) is 47.3 Å². The largest absolute Gasteiger partial charge is 0.363 e. The van der Waals surface area contributed by atoms with Crippen molar-refractivity contribution in [1.29, 1.82) is 0 Å². The molecule has 28 heavy (non-hydrogen) atoms. The molecule has 1 amide bonds. The smallest absolute Gasteiger partial charge is 0.333 e. The maximum Gasteiger partial charge on any atom is 0.333 e. The number of fused-ring (bicyclic) bond motifs is 1. The Labute approximate surface area is 160 Å². The first-order valence-corrected chi connectivity index (χ1v) is 9.16. The maximum atomic E-state index is 13.1. The van der Waals surface area contributed by atoms with E-state index in [1.165, 1.54) is 16.9 Å². The van der Waals surface area contributed by atoms with Gasteiger partial charge in [0.05, 0.1) is 6.33 Å². The lowest BCUT2D eigenvalue weighted by Crippen LogP contribution is -2.43. The Morgan fingerprint density at radius 1 is 1.14 bits per heavy atom. The number of anilines is 1. The number of nitrogens with one attached hydrogen (secondary N) is 1. The van der Waals surface area contributed by atoms with Crippen molar-refractivity contribution < 1.29 is 9.32 Å². The van der Waals surface area contributed by atoms with Crippen molar-refractivity contribution in [3.8, 4) is 0 Å². The average molecular weight is 388 g/mol. The molecule has 0 unspecified atom stereocenters. The molecule has 0 fully saturated rings. The monoisotopic (exact) mass is 388 g/mol. The molecule has 3 rings (SSSR count). The lowest BCUT2D eigenvalue weighted by molar-refractivity contribution is -0.116. The van der Waals surface area contributed by atoms with Gasteiger partial charge < -0.3 is 14.4 Å². The lowest BCUT2D eigenvalue weighted by atomic mass is 10.2. The topological polar surface area (TPSA) is 117 Å². The van der Waals surface area contributed by atoms with Gasteiger partial charge >= 0.3 is 5.69 Å². The Kier molecular flexibility index (Phi) is 5.48. The van der Waals surface area contributed by atoms with Crippen LogP contribution in [0.4, 0.5) is 5.82 Å².